The highest BCUT2D eigenvalue weighted by atomic mass is 32.1. The van der Waals surface area contributed by atoms with E-state index < -0.39 is 6.10 Å². The second kappa shape index (κ2) is 6.37. The molecule has 0 aliphatic rings. The zero-order valence-electron chi connectivity index (χ0n) is 8.64. The molecule has 0 aliphatic carbocycles. The number of aliphatic hydroxyl groups is 1. The molecule has 1 heterocycles. The molecule has 1 atom stereocenters. The summed E-state index contributed by atoms with van der Waals surface area (Å²) in [5.41, 5.74) is 0. The van der Waals surface area contributed by atoms with Crippen LogP contribution in [0, 0.1) is 0 Å². The Morgan fingerprint density at radius 3 is 3.13 bits per heavy atom. The Kier molecular flexibility index (Phi) is 5.07. The number of amides is 1. The van der Waals surface area contributed by atoms with Gasteiger partial charge < -0.3 is 10.4 Å². The molecule has 0 radical (unpaired) electrons. The standard InChI is InChI=1S/C11H15NO2S/c1-2-9(13)8-12-11(14)6-5-10-4-3-7-15-10/h3-7,9,13H,2,8H2,1H3,(H,12,14)/b6-5+. The van der Waals surface area contributed by atoms with E-state index in [0.717, 1.165) is 4.88 Å². The lowest BCUT2D eigenvalue weighted by molar-refractivity contribution is -0.116. The van der Waals surface area contributed by atoms with Crippen molar-refractivity contribution in [2.75, 3.05) is 6.54 Å². The summed E-state index contributed by atoms with van der Waals surface area (Å²) in [4.78, 5) is 12.3. The third-order valence-corrected chi connectivity index (χ3v) is 2.76. The van der Waals surface area contributed by atoms with Crippen LogP contribution in [0.15, 0.2) is 23.6 Å². The van der Waals surface area contributed by atoms with Gasteiger partial charge in [0.05, 0.1) is 6.10 Å². The lowest BCUT2D eigenvalue weighted by Gasteiger charge is -2.06. The monoisotopic (exact) mass is 225 g/mol. The second-order valence-electron chi connectivity index (χ2n) is 3.16. The van der Waals surface area contributed by atoms with Gasteiger partial charge in [0.25, 0.3) is 0 Å². The quantitative estimate of drug-likeness (QED) is 0.749. The minimum absolute atomic E-state index is 0.170. The van der Waals surface area contributed by atoms with Gasteiger partial charge in [0.1, 0.15) is 0 Å². The molecule has 1 aromatic rings. The SMILES string of the molecule is CCC(O)CNC(=O)/C=C/c1cccs1. The average molecular weight is 225 g/mol. The molecule has 1 unspecified atom stereocenters. The normalized spacial score (nSPS) is 12.9. The minimum Gasteiger partial charge on any atom is -0.391 e. The van der Waals surface area contributed by atoms with Crippen molar-refractivity contribution in [1.29, 1.82) is 0 Å². The van der Waals surface area contributed by atoms with Gasteiger partial charge in [-0.25, -0.2) is 0 Å². The Balaban J connectivity index is 2.30. The van der Waals surface area contributed by atoms with E-state index in [0.29, 0.717) is 13.0 Å². The van der Waals surface area contributed by atoms with Crippen LogP contribution in [0.4, 0.5) is 0 Å². The summed E-state index contributed by atoms with van der Waals surface area (Å²) in [6.07, 6.45) is 3.44. The fourth-order valence-corrected chi connectivity index (χ4v) is 1.58. The van der Waals surface area contributed by atoms with Crippen LogP contribution >= 0.6 is 11.3 Å². The lowest BCUT2D eigenvalue weighted by Crippen LogP contribution is -2.30. The molecular formula is C11H15NO2S. The molecule has 1 aromatic heterocycles. The molecule has 82 valence electrons. The van der Waals surface area contributed by atoms with Gasteiger partial charge in [-0.05, 0) is 23.9 Å². The van der Waals surface area contributed by atoms with Gasteiger partial charge in [-0.3, -0.25) is 4.79 Å². The van der Waals surface area contributed by atoms with Gasteiger partial charge in [0.2, 0.25) is 5.91 Å². The molecule has 0 saturated carbocycles. The number of thiophene rings is 1. The summed E-state index contributed by atoms with van der Waals surface area (Å²) in [5, 5.41) is 13.8. The van der Waals surface area contributed by atoms with Crippen molar-refractivity contribution in [1.82, 2.24) is 5.32 Å². The van der Waals surface area contributed by atoms with Crippen LogP contribution in [-0.4, -0.2) is 23.7 Å². The molecule has 0 aromatic carbocycles. The molecule has 1 amide bonds. The highest BCUT2D eigenvalue weighted by Crippen LogP contribution is 2.09. The van der Waals surface area contributed by atoms with E-state index in [1.807, 2.05) is 24.4 Å². The molecule has 0 spiro atoms. The van der Waals surface area contributed by atoms with Crippen LogP contribution in [0.5, 0.6) is 0 Å². The third-order valence-electron chi connectivity index (χ3n) is 1.93. The maximum atomic E-state index is 11.3. The van der Waals surface area contributed by atoms with Gasteiger partial charge >= 0.3 is 0 Å². The zero-order chi connectivity index (χ0) is 11.1. The Bertz CT molecular complexity index is 319. The predicted molar refractivity (Wildman–Crippen MR) is 62.7 cm³/mol. The first-order valence-electron chi connectivity index (χ1n) is 4.90. The number of rotatable bonds is 5. The van der Waals surface area contributed by atoms with Gasteiger partial charge in [0.15, 0.2) is 0 Å². The fourth-order valence-electron chi connectivity index (χ4n) is 0.966. The summed E-state index contributed by atoms with van der Waals surface area (Å²) < 4.78 is 0. The smallest absolute Gasteiger partial charge is 0.244 e. The molecule has 3 nitrogen and oxygen atoms in total. The summed E-state index contributed by atoms with van der Waals surface area (Å²) in [5.74, 6) is -0.170. The molecule has 15 heavy (non-hydrogen) atoms. The molecule has 1 rings (SSSR count). The topological polar surface area (TPSA) is 49.3 Å². The van der Waals surface area contributed by atoms with E-state index >= 15 is 0 Å². The van der Waals surface area contributed by atoms with Crippen LogP contribution in [0.1, 0.15) is 18.2 Å². The van der Waals surface area contributed by atoms with E-state index in [1.165, 1.54) is 6.08 Å². The van der Waals surface area contributed by atoms with Gasteiger partial charge in [-0.15, -0.1) is 11.3 Å². The van der Waals surface area contributed by atoms with Gasteiger partial charge in [-0.2, -0.15) is 0 Å². The lowest BCUT2D eigenvalue weighted by atomic mass is 10.3. The average Bonchev–Trinajstić information content (AvgIpc) is 2.75. The van der Waals surface area contributed by atoms with Crippen LogP contribution in [0.2, 0.25) is 0 Å². The number of carbonyl (C=O) groups excluding carboxylic acids is 1. The zero-order valence-corrected chi connectivity index (χ0v) is 9.46. The second-order valence-corrected chi connectivity index (χ2v) is 4.14. The molecule has 0 aliphatic heterocycles. The van der Waals surface area contributed by atoms with Crippen molar-refractivity contribution >= 4 is 23.3 Å². The molecule has 4 heteroatoms. The molecular weight excluding hydrogens is 210 g/mol. The van der Waals surface area contributed by atoms with E-state index in [-0.39, 0.29) is 5.91 Å². The van der Waals surface area contributed by atoms with E-state index in [2.05, 4.69) is 5.32 Å². The maximum absolute atomic E-state index is 11.3. The molecule has 2 N–H and O–H groups in total. The molecule has 0 bridgehead atoms. The maximum Gasteiger partial charge on any atom is 0.244 e. The first-order valence-corrected chi connectivity index (χ1v) is 5.77. The third kappa shape index (κ3) is 4.76. The highest BCUT2D eigenvalue weighted by Gasteiger charge is 2.01. The first kappa shape index (κ1) is 11.9. The Morgan fingerprint density at radius 1 is 1.73 bits per heavy atom. The Morgan fingerprint density at radius 2 is 2.53 bits per heavy atom. The van der Waals surface area contributed by atoms with Crippen molar-refractivity contribution < 1.29 is 9.90 Å². The highest BCUT2D eigenvalue weighted by molar-refractivity contribution is 7.10. The number of hydrogen-bond donors (Lipinski definition) is 2. The number of carbonyl (C=O) groups is 1. The molecule has 0 saturated heterocycles. The number of nitrogens with one attached hydrogen (secondary N) is 1. The van der Waals surface area contributed by atoms with E-state index in [4.69, 9.17) is 0 Å². The van der Waals surface area contributed by atoms with E-state index in [9.17, 15) is 9.90 Å². The van der Waals surface area contributed by atoms with E-state index in [1.54, 1.807) is 17.4 Å². The first-order chi connectivity index (χ1) is 7.22. The van der Waals surface area contributed by atoms with Crippen molar-refractivity contribution in [2.45, 2.75) is 19.4 Å². The van der Waals surface area contributed by atoms with Crippen LogP contribution in [0.3, 0.4) is 0 Å². The molecule has 0 fully saturated rings. The largest absolute Gasteiger partial charge is 0.391 e. The number of aliphatic hydroxyl groups excluding tert-OH is 1. The minimum atomic E-state index is -0.455. The van der Waals surface area contributed by atoms with Crippen LogP contribution in [0.25, 0.3) is 6.08 Å². The summed E-state index contributed by atoms with van der Waals surface area (Å²) in [6.45, 7) is 2.18. The predicted octanol–water partition coefficient (Wildman–Crippen LogP) is 1.65. The summed E-state index contributed by atoms with van der Waals surface area (Å²) in [6, 6.07) is 3.87. The van der Waals surface area contributed by atoms with Crippen LogP contribution in [-0.2, 0) is 4.79 Å². The van der Waals surface area contributed by atoms with Gasteiger partial charge in [-0.1, -0.05) is 13.0 Å². The van der Waals surface area contributed by atoms with Crippen molar-refractivity contribution in [3.63, 3.8) is 0 Å². The van der Waals surface area contributed by atoms with Crippen LogP contribution < -0.4 is 5.32 Å². The van der Waals surface area contributed by atoms with Crippen molar-refractivity contribution in [3.8, 4) is 0 Å². The summed E-state index contributed by atoms with van der Waals surface area (Å²) >= 11 is 1.58. The summed E-state index contributed by atoms with van der Waals surface area (Å²) in [7, 11) is 0. The van der Waals surface area contributed by atoms with Crippen molar-refractivity contribution in [3.05, 3.63) is 28.5 Å². The Labute approximate surface area is 93.4 Å². The fraction of sp³-hybridized carbons (Fsp3) is 0.364. The number of hydrogen-bond acceptors (Lipinski definition) is 3. The van der Waals surface area contributed by atoms with Gasteiger partial charge in [0, 0.05) is 17.5 Å². The van der Waals surface area contributed by atoms with Crippen molar-refractivity contribution in [2.24, 2.45) is 0 Å². The Hall–Kier alpha value is -1.13.